The van der Waals surface area contributed by atoms with E-state index in [-0.39, 0.29) is 49.1 Å². The number of likely N-dealkylation sites (N-methyl/N-ethyl adjacent to an activating group) is 1. The molecule has 0 aromatic heterocycles. The van der Waals surface area contributed by atoms with Crippen LogP contribution in [0.2, 0.25) is 0 Å². The molecule has 0 aromatic carbocycles. The number of carboxylic acid groups (broad SMARTS) is 1. The highest BCUT2D eigenvalue weighted by molar-refractivity contribution is 5.72. The quantitative estimate of drug-likeness (QED) is 0.0288. The maximum Gasteiger partial charge on any atom is 0.362 e. The predicted octanol–water partition coefficient (Wildman–Crippen LogP) is 12.6. The number of carbonyl (C=O) groups is 3. The minimum absolute atomic E-state index is 0.0229. The van der Waals surface area contributed by atoms with Crippen molar-refractivity contribution < 1.29 is 38.2 Å². The SMILES string of the molecule is CC/C=C/C=C/C=C/C=C/C=C/C=C/C=C/CCCCCC(=O)OCC(COCCC(C(=O)O)[N+](C)(C)C)OC(=O)CCCCCCC/C=C/C=C/C=C/C=C/C=C/CCC. The minimum Gasteiger partial charge on any atom is -0.477 e. The molecular weight excluding hydrogens is 763 g/mol. The number of aliphatic carboxylic acids is 1. The van der Waals surface area contributed by atoms with Gasteiger partial charge in [0.05, 0.1) is 34.4 Å². The first-order valence-corrected chi connectivity index (χ1v) is 22.5. The normalized spacial score (nSPS) is 14.3. The first kappa shape index (κ1) is 56.2. The smallest absolute Gasteiger partial charge is 0.362 e. The molecule has 2 unspecified atom stereocenters. The third-order valence-corrected chi connectivity index (χ3v) is 9.03. The summed E-state index contributed by atoms with van der Waals surface area (Å²) in [4.78, 5) is 37.0. The molecule has 61 heavy (non-hydrogen) atoms. The monoisotopic (exact) mass is 843 g/mol. The summed E-state index contributed by atoms with van der Waals surface area (Å²) >= 11 is 0. The Balaban J connectivity index is 4.55. The largest absolute Gasteiger partial charge is 0.477 e. The Morgan fingerprint density at radius 2 is 0.918 bits per heavy atom. The van der Waals surface area contributed by atoms with E-state index in [1.165, 1.54) is 6.42 Å². The summed E-state index contributed by atoms with van der Waals surface area (Å²) in [5, 5.41) is 9.63. The van der Waals surface area contributed by atoms with Gasteiger partial charge in [0, 0.05) is 19.3 Å². The molecule has 0 aliphatic rings. The fourth-order valence-electron chi connectivity index (χ4n) is 5.57. The molecular formula is C53H80NO7+. The van der Waals surface area contributed by atoms with E-state index >= 15 is 0 Å². The predicted molar refractivity (Wildman–Crippen MR) is 256 cm³/mol. The zero-order chi connectivity index (χ0) is 44.9. The van der Waals surface area contributed by atoms with Gasteiger partial charge in [-0.2, -0.15) is 0 Å². The Morgan fingerprint density at radius 3 is 1.38 bits per heavy atom. The second-order valence-corrected chi connectivity index (χ2v) is 15.5. The van der Waals surface area contributed by atoms with Crippen LogP contribution in [-0.4, -0.2) is 80.6 Å². The lowest BCUT2D eigenvalue weighted by molar-refractivity contribution is -0.887. The topological polar surface area (TPSA) is 99.1 Å². The summed E-state index contributed by atoms with van der Waals surface area (Å²) in [6, 6.07) is -0.638. The van der Waals surface area contributed by atoms with Crippen molar-refractivity contribution in [3.05, 3.63) is 146 Å². The van der Waals surface area contributed by atoms with Gasteiger partial charge in [-0.1, -0.05) is 192 Å². The van der Waals surface area contributed by atoms with Gasteiger partial charge in [-0.3, -0.25) is 9.59 Å². The van der Waals surface area contributed by atoms with Crippen LogP contribution in [0.4, 0.5) is 0 Å². The average molecular weight is 843 g/mol. The van der Waals surface area contributed by atoms with Crippen LogP contribution in [-0.2, 0) is 28.6 Å². The third-order valence-electron chi connectivity index (χ3n) is 9.03. The number of carboxylic acids is 1. The van der Waals surface area contributed by atoms with Gasteiger partial charge in [0.25, 0.3) is 0 Å². The Kier molecular flexibility index (Phi) is 38.6. The minimum atomic E-state index is -0.895. The van der Waals surface area contributed by atoms with Gasteiger partial charge in [-0.25, -0.2) is 4.79 Å². The Morgan fingerprint density at radius 1 is 0.508 bits per heavy atom. The number of allylic oxidation sites excluding steroid dienone is 24. The number of nitrogens with zero attached hydrogens (tertiary/aromatic N) is 1. The van der Waals surface area contributed by atoms with Crippen molar-refractivity contribution in [3.63, 3.8) is 0 Å². The van der Waals surface area contributed by atoms with Crippen LogP contribution in [0.15, 0.2) is 146 Å². The standard InChI is InChI=1S/C53H79NO7/c1-6-8-10-12-14-16-18-20-22-24-26-28-29-31-33-35-37-39-41-43-51(55)60-48-49(47-59-46-45-50(53(57)58)54(3,4)5)61-52(56)44-42-40-38-36-34-32-30-27-25-23-21-19-17-15-13-11-9-7-2/h8,10-31,33,49-50H,6-7,9,32,34-48H2,1-5H3/p+1/b10-8+,13-11+,14-12+,17-15+,18-16+,21-19+,22-20+,25-23+,26-24+,29-28+,30-27+,33-31+. The molecule has 0 bridgehead atoms. The Hall–Kier alpha value is -4.79. The van der Waals surface area contributed by atoms with Crippen LogP contribution in [0.1, 0.15) is 117 Å². The van der Waals surface area contributed by atoms with Crippen molar-refractivity contribution in [1.82, 2.24) is 0 Å². The number of quaternary nitrogens is 1. The van der Waals surface area contributed by atoms with E-state index in [0.717, 1.165) is 70.6 Å². The summed E-state index contributed by atoms with van der Waals surface area (Å²) in [7, 11) is 5.48. The van der Waals surface area contributed by atoms with Gasteiger partial charge in [-0.05, 0) is 51.4 Å². The summed E-state index contributed by atoms with van der Waals surface area (Å²) in [5.41, 5.74) is 0. The molecule has 0 aliphatic carbocycles. The van der Waals surface area contributed by atoms with E-state index in [4.69, 9.17) is 14.2 Å². The fourth-order valence-corrected chi connectivity index (χ4v) is 5.57. The Bertz CT molecular complexity index is 1490. The van der Waals surface area contributed by atoms with Crippen LogP contribution < -0.4 is 0 Å². The van der Waals surface area contributed by atoms with Crippen molar-refractivity contribution in [2.45, 2.75) is 129 Å². The number of hydrogen-bond acceptors (Lipinski definition) is 6. The van der Waals surface area contributed by atoms with Crippen LogP contribution in [0.3, 0.4) is 0 Å². The summed E-state index contributed by atoms with van der Waals surface area (Å²) in [6.45, 7) is 4.38. The van der Waals surface area contributed by atoms with E-state index < -0.39 is 18.1 Å². The molecule has 338 valence electrons. The lowest BCUT2D eigenvalue weighted by atomic mass is 10.1. The highest BCUT2D eigenvalue weighted by Crippen LogP contribution is 2.12. The molecule has 2 atom stereocenters. The zero-order valence-electron chi connectivity index (χ0n) is 38.3. The summed E-state index contributed by atoms with van der Waals surface area (Å²) in [5.74, 6) is -1.59. The fraction of sp³-hybridized carbons (Fsp3) is 0.491. The average Bonchev–Trinajstić information content (AvgIpc) is 3.22. The van der Waals surface area contributed by atoms with Crippen LogP contribution >= 0.6 is 0 Å². The lowest BCUT2D eigenvalue weighted by Crippen LogP contribution is -2.50. The van der Waals surface area contributed by atoms with E-state index in [9.17, 15) is 19.5 Å². The molecule has 0 saturated carbocycles. The summed E-state index contributed by atoms with van der Waals surface area (Å²) in [6.07, 6.45) is 61.6. The first-order valence-electron chi connectivity index (χ1n) is 22.5. The van der Waals surface area contributed by atoms with Gasteiger partial charge in [0.2, 0.25) is 0 Å². The lowest BCUT2D eigenvalue weighted by Gasteiger charge is -2.31. The van der Waals surface area contributed by atoms with Crippen molar-refractivity contribution in [3.8, 4) is 0 Å². The van der Waals surface area contributed by atoms with Crippen LogP contribution in [0.5, 0.6) is 0 Å². The number of hydrogen-bond donors (Lipinski definition) is 1. The third kappa shape index (κ3) is 40.4. The van der Waals surface area contributed by atoms with Gasteiger partial charge >= 0.3 is 17.9 Å². The van der Waals surface area contributed by atoms with E-state index in [0.29, 0.717) is 12.8 Å². The number of rotatable bonds is 37. The second-order valence-electron chi connectivity index (χ2n) is 15.5. The van der Waals surface area contributed by atoms with Crippen molar-refractivity contribution in [2.24, 2.45) is 0 Å². The Labute approximate surface area is 370 Å². The highest BCUT2D eigenvalue weighted by atomic mass is 16.6. The van der Waals surface area contributed by atoms with E-state index in [2.05, 4.69) is 50.3 Å². The molecule has 0 aromatic rings. The van der Waals surface area contributed by atoms with Gasteiger partial charge in [0.1, 0.15) is 6.61 Å². The van der Waals surface area contributed by atoms with E-state index in [1.54, 1.807) is 0 Å². The number of unbranched alkanes of at least 4 members (excludes halogenated alkanes) is 9. The maximum atomic E-state index is 12.7. The summed E-state index contributed by atoms with van der Waals surface area (Å²) < 4.78 is 17.2. The first-order chi connectivity index (χ1) is 29.6. The van der Waals surface area contributed by atoms with Crippen molar-refractivity contribution >= 4 is 17.9 Å². The number of carbonyl (C=O) groups excluding carboxylic acids is 2. The molecule has 8 heteroatoms. The molecule has 0 amide bonds. The van der Waals surface area contributed by atoms with E-state index in [1.807, 2.05) is 131 Å². The molecule has 8 nitrogen and oxygen atoms in total. The van der Waals surface area contributed by atoms with Crippen molar-refractivity contribution in [2.75, 3.05) is 41.0 Å². The molecule has 1 N–H and O–H groups in total. The molecule has 0 heterocycles. The molecule has 0 aliphatic heterocycles. The van der Waals surface area contributed by atoms with Crippen LogP contribution in [0, 0.1) is 0 Å². The molecule has 0 radical (unpaired) electrons. The molecule has 0 fully saturated rings. The maximum absolute atomic E-state index is 12.7. The number of esters is 2. The zero-order valence-corrected chi connectivity index (χ0v) is 38.3. The second kappa shape index (κ2) is 41.9. The molecule has 0 rings (SSSR count). The van der Waals surface area contributed by atoms with Crippen LogP contribution in [0.25, 0.3) is 0 Å². The molecule has 0 saturated heterocycles. The van der Waals surface area contributed by atoms with Gasteiger partial charge in [-0.15, -0.1) is 0 Å². The number of ether oxygens (including phenoxy) is 3. The van der Waals surface area contributed by atoms with Crippen molar-refractivity contribution in [1.29, 1.82) is 0 Å². The van der Waals surface area contributed by atoms with Gasteiger partial charge < -0.3 is 23.8 Å². The van der Waals surface area contributed by atoms with Gasteiger partial charge in [0.15, 0.2) is 12.1 Å². The molecule has 0 spiro atoms. The highest BCUT2D eigenvalue weighted by Gasteiger charge is 2.31.